The Hall–Kier alpha value is -4.29. The molecule has 240 valence electrons. The molecule has 2 aliphatic heterocycles. The molecule has 0 radical (unpaired) electrons. The van der Waals surface area contributed by atoms with Gasteiger partial charge in [-0.05, 0) is 83.1 Å². The van der Waals surface area contributed by atoms with E-state index in [4.69, 9.17) is 14.2 Å². The van der Waals surface area contributed by atoms with Crippen molar-refractivity contribution in [3.8, 4) is 17.0 Å². The van der Waals surface area contributed by atoms with Crippen molar-refractivity contribution in [1.82, 2.24) is 19.8 Å². The molecule has 0 saturated carbocycles. The van der Waals surface area contributed by atoms with Crippen LogP contribution >= 0.6 is 0 Å². The van der Waals surface area contributed by atoms with Gasteiger partial charge in [-0.1, -0.05) is 0 Å². The van der Waals surface area contributed by atoms with Crippen molar-refractivity contribution in [3.63, 3.8) is 0 Å². The molecule has 1 saturated heterocycles. The van der Waals surface area contributed by atoms with Crippen LogP contribution in [0.1, 0.15) is 56.1 Å². The van der Waals surface area contributed by atoms with Crippen LogP contribution in [0.5, 0.6) is 5.75 Å². The number of anilines is 3. The van der Waals surface area contributed by atoms with Gasteiger partial charge in [0.15, 0.2) is 5.82 Å². The number of ether oxygens (including phenoxy) is 3. The standard InChI is InChI=1S/C33H41FN6O5/c1-32(2,3)45-31(42)40-29(41)23-16-20(15-21(19-43-7)27(23)33(40,4)5)28-24(34)18-35-30(37-28)36-25-17-22(9-10-26(25)44-8)39-13-11-38(6)12-14-39/h9-10,15-18H,11-14,19H2,1-8H3,(H,35,36,37). The van der Waals surface area contributed by atoms with Crippen molar-refractivity contribution < 1.29 is 28.2 Å². The Morgan fingerprint density at radius 1 is 1.09 bits per heavy atom. The second kappa shape index (κ2) is 12.2. The number of rotatable bonds is 7. The molecule has 3 heterocycles. The van der Waals surface area contributed by atoms with E-state index in [1.54, 1.807) is 53.9 Å². The third-order valence-electron chi connectivity index (χ3n) is 8.02. The van der Waals surface area contributed by atoms with Crippen LogP contribution in [0.15, 0.2) is 36.5 Å². The van der Waals surface area contributed by atoms with E-state index in [2.05, 4.69) is 32.1 Å². The van der Waals surface area contributed by atoms with Crippen LogP contribution in [0.4, 0.5) is 26.5 Å². The normalized spacial score (nSPS) is 16.5. The van der Waals surface area contributed by atoms with E-state index in [-0.39, 0.29) is 23.8 Å². The van der Waals surface area contributed by atoms with Gasteiger partial charge in [0.25, 0.3) is 5.91 Å². The van der Waals surface area contributed by atoms with Crippen molar-refractivity contribution >= 4 is 29.3 Å². The number of halogens is 1. The summed E-state index contributed by atoms with van der Waals surface area (Å²) in [6.45, 7) is 12.6. The smallest absolute Gasteiger partial charge is 0.418 e. The van der Waals surface area contributed by atoms with Crippen molar-refractivity contribution in [1.29, 1.82) is 0 Å². The first-order chi connectivity index (χ1) is 21.2. The second-order valence-electron chi connectivity index (χ2n) is 12.9. The minimum Gasteiger partial charge on any atom is -0.495 e. The fraction of sp³-hybridized carbons (Fsp3) is 0.455. The Balaban J connectivity index is 1.52. The molecule has 0 atom stereocenters. The van der Waals surface area contributed by atoms with Gasteiger partial charge in [-0.2, -0.15) is 0 Å². The molecular formula is C33H41FN6O5. The van der Waals surface area contributed by atoms with Crippen LogP contribution in [0.25, 0.3) is 11.3 Å². The van der Waals surface area contributed by atoms with Gasteiger partial charge in [0, 0.05) is 50.1 Å². The summed E-state index contributed by atoms with van der Waals surface area (Å²) in [6.07, 6.45) is 0.328. The maximum atomic E-state index is 15.4. The number of hydrogen-bond donors (Lipinski definition) is 1. The summed E-state index contributed by atoms with van der Waals surface area (Å²) in [5.41, 5.74) is 1.64. The molecule has 2 aliphatic rings. The summed E-state index contributed by atoms with van der Waals surface area (Å²) in [6, 6.07) is 9.15. The Kier molecular flexibility index (Phi) is 8.74. The van der Waals surface area contributed by atoms with Gasteiger partial charge >= 0.3 is 6.09 Å². The zero-order valence-electron chi connectivity index (χ0n) is 27.2. The number of amides is 2. The summed E-state index contributed by atoms with van der Waals surface area (Å²) in [7, 11) is 5.22. The van der Waals surface area contributed by atoms with Crippen LogP contribution in [0.2, 0.25) is 0 Å². The first-order valence-corrected chi connectivity index (χ1v) is 14.9. The first kappa shape index (κ1) is 32.1. The van der Waals surface area contributed by atoms with Crippen LogP contribution in [-0.2, 0) is 21.6 Å². The average molecular weight is 621 g/mol. The highest BCUT2D eigenvalue weighted by atomic mass is 19.1. The number of benzene rings is 2. The number of aromatic nitrogens is 2. The Labute approximate surface area is 263 Å². The number of carbonyl (C=O) groups excluding carboxylic acids is 2. The van der Waals surface area contributed by atoms with Crippen LogP contribution < -0.4 is 15.0 Å². The van der Waals surface area contributed by atoms with E-state index < -0.39 is 29.0 Å². The highest BCUT2D eigenvalue weighted by molar-refractivity contribution is 6.09. The zero-order chi connectivity index (χ0) is 32.7. The summed E-state index contributed by atoms with van der Waals surface area (Å²) in [4.78, 5) is 41.3. The van der Waals surface area contributed by atoms with Gasteiger partial charge in [0.05, 0.1) is 31.1 Å². The molecule has 1 fully saturated rings. The number of likely N-dealkylation sites (N-methyl/N-ethyl adjacent to an activating group) is 1. The molecule has 0 aliphatic carbocycles. The van der Waals surface area contributed by atoms with Gasteiger partial charge in [-0.25, -0.2) is 24.1 Å². The van der Waals surface area contributed by atoms with E-state index in [0.717, 1.165) is 43.0 Å². The van der Waals surface area contributed by atoms with Gasteiger partial charge < -0.3 is 29.3 Å². The maximum Gasteiger partial charge on any atom is 0.418 e. The lowest BCUT2D eigenvalue weighted by Crippen LogP contribution is -2.46. The SMILES string of the molecule is COCc1cc(-c2nc(Nc3cc(N4CCN(C)CC4)ccc3OC)ncc2F)cc2c1C(C)(C)N(C(=O)OC(C)(C)C)C2=O. The third-order valence-corrected chi connectivity index (χ3v) is 8.02. The number of imide groups is 1. The second-order valence-corrected chi connectivity index (χ2v) is 12.9. The highest BCUT2D eigenvalue weighted by Crippen LogP contribution is 2.44. The predicted molar refractivity (Wildman–Crippen MR) is 170 cm³/mol. The number of fused-ring (bicyclic) bond motifs is 1. The summed E-state index contributed by atoms with van der Waals surface area (Å²) in [5.74, 6) is -0.481. The van der Waals surface area contributed by atoms with Crippen molar-refractivity contribution in [2.75, 3.05) is 57.7 Å². The number of nitrogens with one attached hydrogen (secondary N) is 1. The minimum absolute atomic E-state index is 0.0110. The van der Waals surface area contributed by atoms with Gasteiger partial charge in [0.1, 0.15) is 17.0 Å². The number of nitrogens with zero attached hydrogens (tertiary/aromatic N) is 5. The average Bonchev–Trinajstić information content (AvgIpc) is 3.18. The molecule has 0 bridgehead atoms. The van der Waals surface area contributed by atoms with Gasteiger partial charge in [-0.3, -0.25) is 4.79 Å². The Morgan fingerprint density at radius 2 is 1.80 bits per heavy atom. The first-order valence-electron chi connectivity index (χ1n) is 14.9. The molecule has 0 unspecified atom stereocenters. The van der Waals surface area contributed by atoms with Crippen LogP contribution in [-0.4, -0.2) is 84.8 Å². The maximum absolute atomic E-state index is 15.4. The highest BCUT2D eigenvalue weighted by Gasteiger charge is 2.49. The fourth-order valence-corrected chi connectivity index (χ4v) is 5.91. The molecule has 11 nitrogen and oxygen atoms in total. The summed E-state index contributed by atoms with van der Waals surface area (Å²) in [5, 5.41) is 3.19. The van der Waals surface area contributed by atoms with Gasteiger partial charge in [-0.15, -0.1) is 0 Å². The minimum atomic E-state index is -1.04. The van der Waals surface area contributed by atoms with Crippen molar-refractivity contribution in [2.24, 2.45) is 0 Å². The Morgan fingerprint density at radius 3 is 2.44 bits per heavy atom. The third kappa shape index (κ3) is 6.43. The predicted octanol–water partition coefficient (Wildman–Crippen LogP) is 5.56. The van der Waals surface area contributed by atoms with Gasteiger partial charge in [0.2, 0.25) is 5.95 Å². The summed E-state index contributed by atoms with van der Waals surface area (Å²) < 4.78 is 32.0. The lowest BCUT2D eigenvalue weighted by molar-refractivity contribution is 0.00915. The van der Waals surface area contributed by atoms with E-state index >= 15 is 4.39 Å². The largest absolute Gasteiger partial charge is 0.495 e. The van der Waals surface area contributed by atoms with E-state index in [1.807, 2.05) is 18.2 Å². The van der Waals surface area contributed by atoms with E-state index in [9.17, 15) is 9.59 Å². The van der Waals surface area contributed by atoms with Crippen LogP contribution in [0, 0.1) is 5.82 Å². The van der Waals surface area contributed by atoms with E-state index in [1.165, 1.54) is 7.11 Å². The van der Waals surface area contributed by atoms with Crippen molar-refractivity contribution in [3.05, 3.63) is 59.0 Å². The quantitative estimate of drug-likeness (QED) is 0.361. The number of carbonyl (C=O) groups is 2. The molecule has 45 heavy (non-hydrogen) atoms. The molecule has 2 amide bonds. The molecule has 2 aromatic carbocycles. The lowest BCUT2D eigenvalue weighted by Gasteiger charge is -2.34. The number of hydrogen-bond acceptors (Lipinski definition) is 10. The van der Waals surface area contributed by atoms with E-state index in [0.29, 0.717) is 28.1 Å². The van der Waals surface area contributed by atoms with Crippen LogP contribution in [0.3, 0.4) is 0 Å². The van der Waals surface area contributed by atoms with Crippen molar-refractivity contribution in [2.45, 2.75) is 52.4 Å². The molecule has 1 aromatic heterocycles. The molecule has 5 rings (SSSR count). The molecule has 12 heteroatoms. The number of methoxy groups -OCH3 is 2. The topological polar surface area (TPSA) is 109 Å². The Bertz CT molecular complexity index is 1610. The fourth-order valence-electron chi connectivity index (χ4n) is 5.91. The molecule has 1 N–H and O–H groups in total. The molecule has 0 spiro atoms. The summed E-state index contributed by atoms with van der Waals surface area (Å²) >= 11 is 0. The lowest BCUT2D eigenvalue weighted by atomic mass is 9.87. The molecule has 3 aromatic rings. The number of piperazine rings is 1. The monoisotopic (exact) mass is 620 g/mol. The molecular weight excluding hydrogens is 579 g/mol. The zero-order valence-corrected chi connectivity index (χ0v) is 27.2.